The van der Waals surface area contributed by atoms with E-state index in [9.17, 15) is 4.79 Å². The number of hydrogen-bond acceptors (Lipinski definition) is 3. The standard InChI is InChI=1S/C11H22N2O2.ClH/c1-2-3-7-13-11(14)15-9-10-6-4-5-8-12-10;/h10,12H,2-9H2,1H3,(H,13,14);1H. The summed E-state index contributed by atoms with van der Waals surface area (Å²) in [6.07, 6.45) is 5.40. The smallest absolute Gasteiger partial charge is 0.407 e. The molecule has 1 amide bonds. The van der Waals surface area contributed by atoms with Gasteiger partial charge >= 0.3 is 6.09 Å². The Morgan fingerprint density at radius 3 is 2.94 bits per heavy atom. The Bertz CT molecular complexity index is 185. The first-order valence-electron chi connectivity index (χ1n) is 5.97. The zero-order chi connectivity index (χ0) is 10.9. The second-order valence-electron chi connectivity index (χ2n) is 4.03. The molecule has 0 saturated carbocycles. The largest absolute Gasteiger partial charge is 0.448 e. The van der Waals surface area contributed by atoms with Crippen molar-refractivity contribution in [3.8, 4) is 0 Å². The van der Waals surface area contributed by atoms with Crippen molar-refractivity contribution >= 4 is 18.5 Å². The molecular weight excluding hydrogens is 228 g/mol. The summed E-state index contributed by atoms with van der Waals surface area (Å²) in [5.74, 6) is 0. The number of carbonyl (C=O) groups is 1. The van der Waals surface area contributed by atoms with Gasteiger partial charge < -0.3 is 15.4 Å². The Balaban J connectivity index is 0.00000225. The van der Waals surface area contributed by atoms with Crippen LogP contribution in [0.15, 0.2) is 0 Å². The van der Waals surface area contributed by atoms with Crippen LogP contribution in [0.4, 0.5) is 4.79 Å². The molecule has 1 fully saturated rings. The van der Waals surface area contributed by atoms with Crippen LogP contribution < -0.4 is 10.6 Å². The lowest BCUT2D eigenvalue weighted by Gasteiger charge is -2.22. The summed E-state index contributed by atoms with van der Waals surface area (Å²) in [5, 5.41) is 6.07. The molecule has 1 unspecified atom stereocenters. The van der Waals surface area contributed by atoms with Crippen molar-refractivity contribution in [3.05, 3.63) is 0 Å². The molecule has 1 atom stereocenters. The van der Waals surface area contributed by atoms with Crippen LogP contribution in [0.3, 0.4) is 0 Å². The maximum absolute atomic E-state index is 11.2. The van der Waals surface area contributed by atoms with Gasteiger partial charge in [-0.3, -0.25) is 0 Å². The van der Waals surface area contributed by atoms with Crippen molar-refractivity contribution in [1.82, 2.24) is 10.6 Å². The van der Waals surface area contributed by atoms with E-state index >= 15 is 0 Å². The van der Waals surface area contributed by atoms with Gasteiger partial charge in [0.1, 0.15) is 6.61 Å². The van der Waals surface area contributed by atoms with Gasteiger partial charge in [0.15, 0.2) is 0 Å². The van der Waals surface area contributed by atoms with Gasteiger partial charge in [-0.2, -0.15) is 0 Å². The number of alkyl carbamates (subject to hydrolysis) is 1. The Hall–Kier alpha value is -0.480. The minimum absolute atomic E-state index is 0. The Morgan fingerprint density at radius 1 is 1.50 bits per heavy atom. The Morgan fingerprint density at radius 2 is 2.31 bits per heavy atom. The Labute approximate surface area is 104 Å². The molecule has 1 heterocycles. The van der Waals surface area contributed by atoms with Crippen LogP contribution in [-0.2, 0) is 4.74 Å². The normalized spacial score (nSPS) is 19.7. The molecule has 1 aliphatic rings. The first-order chi connectivity index (χ1) is 7.33. The van der Waals surface area contributed by atoms with Gasteiger partial charge in [0.05, 0.1) is 0 Å². The predicted molar refractivity (Wildman–Crippen MR) is 67.1 cm³/mol. The molecule has 0 aromatic heterocycles. The van der Waals surface area contributed by atoms with Gasteiger partial charge in [-0.05, 0) is 25.8 Å². The molecule has 0 aromatic rings. The molecule has 96 valence electrons. The maximum atomic E-state index is 11.2. The lowest BCUT2D eigenvalue weighted by Crippen LogP contribution is -2.39. The molecular formula is C11H23ClN2O2. The molecule has 0 aliphatic carbocycles. The van der Waals surface area contributed by atoms with Crippen molar-refractivity contribution in [2.45, 2.75) is 45.1 Å². The summed E-state index contributed by atoms with van der Waals surface area (Å²) >= 11 is 0. The molecule has 5 heteroatoms. The van der Waals surface area contributed by atoms with Crippen molar-refractivity contribution in [2.24, 2.45) is 0 Å². The highest BCUT2D eigenvalue weighted by atomic mass is 35.5. The molecule has 0 radical (unpaired) electrons. The number of nitrogens with one attached hydrogen (secondary N) is 2. The lowest BCUT2D eigenvalue weighted by atomic mass is 10.1. The third kappa shape index (κ3) is 6.90. The van der Waals surface area contributed by atoms with Gasteiger partial charge in [0.25, 0.3) is 0 Å². The van der Waals surface area contributed by atoms with E-state index in [1.54, 1.807) is 0 Å². The van der Waals surface area contributed by atoms with E-state index in [2.05, 4.69) is 17.6 Å². The van der Waals surface area contributed by atoms with E-state index in [0.29, 0.717) is 19.2 Å². The molecule has 0 spiro atoms. The van der Waals surface area contributed by atoms with E-state index < -0.39 is 0 Å². The predicted octanol–water partition coefficient (Wildman–Crippen LogP) is 2.08. The summed E-state index contributed by atoms with van der Waals surface area (Å²) in [5.41, 5.74) is 0. The number of unbranched alkanes of at least 4 members (excludes halogenated alkanes) is 1. The highest BCUT2D eigenvalue weighted by molar-refractivity contribution is 5.85. The molecule has 1 rings (SSSR count). The van der Waals surface area contributed by atoms with E-state index in [4.69, 9.17) is 4.74 Å². The van der Waals surface area contributed by atoms with Gasteiger partial charge in [-0.15, -0.1) is 12.4 Å². The van der Waals surface area contributed by atoms with Crippen molar-refractivity contribution in [2.75, 3.05) is 19.7 Å². The molecule has 16 heavy (non-hydrogen) atoms. The van der Waals surface area contributed by atoms with Crippen LogP contribution in [0.5, 0.6) is 0 Å². The van der Waals surface area contributed by atoms with Crippen molar-refractivity contribution in [3.63, 3.8) is 0 Å². The molecule has 1 aliphatic heterocycles. The zero-order valence-corrected chi connectivity index (χ0v) is 10.8. The van der Waals surface area contributed by atoms with Gasteiger partial charge in [0, 0.05) is 12.6 Å². The molecule has 0 aromatic carbocycles. The SMILES string of the molecule is CCCCNC(=O)OCC1CCCCN1.Cl. The fourth-order valence-corrected chi connectivity index (χ4v) is 1.66. The minimum Gasteiger partial charge on any atom is -0.448 e. The second kappa shape index (κ2) is 9.73. The number of hydrogen-bond donors (Lipinski definition) is 2. The summed E-state index contributed by atoms with van der Waals surface area (Å²) in [4.78, 5) is 11.2. The highest BCUT2D eigenvalue weighted by Gasteiger charge is 2.14. The summed E-state index contributed by atoms with van der Waals surface area (Å²) in [7, 11) is 0. The van der Waals surface area contributed by atoms with Crippen LogP contribution in [0.1, 0.15) is 39.0 Å². The third-order valence-corrected chi connectivity index (χ3v) is 2.63. The number of rotatable bonds is 5. The van der Waals surface area contributed by atoms with Crippen LogP contribution in [0, 0.1) is 0 Å². The minimum atomic E-state index is -0.282. The van der Waals surface area contributed by atoms with Gasteiger partial charge in [-0.1, -0.05) is 19.8 Å². The first-order valence-corrected chi connectivity index (χ1v) is 5.97. The fourth-order valence-electron chi connectivity index (χ4n) is 1.66. The van der Waals surface area contributed by atoms with Crippen LogP contribution in [-0.4, -0.2) is 31.8 Å². The maximum Gasteiger partial charge on any atom is 0.407 e. The molecule has 2 N–H and O–H groups in total. The zero-order valence-electron chi connectivity index (χ0n) is 9.96. The highest BCUT2D eigenvalue weighted by Crippen LogP contribution is 2.06. The summed E-state index contributed by atoms with van der Waals surface area (Å²) in [6.45, 7) is 4.36. The van der Waals surface area contributed by atoms with Crippen LogP contribution >= 0.6 is 12.4 Å². The number of halogens is 1. The fraction of sp³-hybridized carbons (Fsp3) is 0.909. The number of ether oxygens (including phenoxy) is 1. The number of piperidine rings is 1. The second-order valence-corrected chi connectivity index (χ2v) is 4.03. The average molecular weight is 251 g/mol. The summed E-state index contributed by atoms with van der Waals surface area (Å²) in [6, 6.07) is 0.357. The topological polar surface area (TPSA) is 50.4 Å². The lowest BCUT2D eigenvalue weighted by molar-refractivity contribution is 0.128. The van der Waals surface area contributed by atoms with Gasteiger partial charge in [0.2, 0.25) is 0 Å². The monoisotopic (exact) mass is 250 g/mol. The Kier molecular flexibility index (Phi) is 9.43. The van der Waals surface area contributed by atoms with E-state index in [1.165, 1.54) is 12.8 Å². The number of carbonyl (C=O) groups excluding carboxylic acids is 1. The molecule has 4 nitrogen and oxygen atoms in total. The van der Waals surface area contributed by atoms with Crippen LogP contribution in [0.25, 0.3) is 0 Å². The van der Waals surface area contributed by atoms with E-state index in [0.717, 1.165) is 25.8 Å². The quantitative estimate of drug-likeness (QED) is 0.735. The average Bonchev–Trinajstić information content (AvgIpc) is 2.28. The van der Waals surface area contributed by atoms with Gasteiger partial charge in [-0.25, -0.2) is 4.79 Å². The molecule has 1 saturated heterocycles. The van der Waals surface area contributed by atoms with Crippen molar-refractivity contribution in [1.29, 1.82) is 0 Å². The van der Waals surface area contributed by atoms with Crippen LogP contribution in [0.2, 0.25) is 0 Å². The first kappa shape index (κ1) is 15.5. The van der Waals surface area contributed by atoms with Crippen molar-refractivity contribution < 1.29 is 9.53 Å². The number of amides is 1. The third-order valence-electron chi connectivity index (χ3n) is 2.63. The van der Waals surface area contributed by atoms with E-state index in [-0.39, 0.29) is 18.5 Å². The van der Waals surface area contributed by atoms with E-state index in [1.807, 2.05) is 0 Å². The molecule has 0 bridgehead atoms. The summed E-state index contributed by atoms with van der Waals surface area (Å²) < 4.78 is 5.12.